The van der Waals surface area contributed by atoms with Gasteiger partial charge < -0.3 is 4.98 Å². The van der Waals surface area contributed by atoms with Gasteiger partial charge in [-0.25, -0.2) is 9.67 Å². The molecular weight excluding hydrogens is 262 g/mol. The van der Waals surface area contributed by atoms with Crippen molar-refractivity contribution in [3.8, 4) is 0 Å². The van der Waals surface area contributed by atoms with Crippen LogP contribution in [0.15, 0.2) is 40.3 Å². The summed E-state index contributed by atoms with van der Waals surface area (Å²) in [6, 6.07) is 9.21. The molecule has 0 saturated carbocycles. The Hall–Kier alpha value is -2.15. The van der Waals surface area contributed by atoms with Crippen molar-refractivity contribution in [3.05, 3.63) is 46.4 Å². The number of benzene rings is 1. The molecule has 0 atom stereocenters. The van der Waals surface area contributed by atoms with Crippen LogP contribution in [-0.4, -0.2) is 25.0 Å². The molecule has 1 aromatic carbocycles. The predicted molar refractivity (Wildman–Crippen MR) is 73.0 cm³/mol. The molecule has 0 fully saturated rings. The van der Waals surface area contributed by atoms with Gasteiger partial charge in [0, 0.05) is 11.8 Å². The number of aryl methyl sites for hydroxylation is 1. The Morgan fingerprint density at radius 1 is 1.37 bits per heavy atom. The van der Waals surface area contributed by atoms with Crippen LogP contribution < -0.4 is 5.56 Å². The molecule has 0 saturated heterocycles. The van der Waals surface area contributed by atoms with Crippen LogP contribution in [0.1, 0.15) is 5.69 Å². The van der Waals surface area contributed by atoms with E-state index in [1.807, 2.05) is 24.3 Å². The number of fused-ring (bicyclic) bond motifs is 1. The molecule has 0 spiro atoms. The molecule has 0 aliphatic carbocycles. The van der Waals surface area contributed by atoms with Crippen LogP contribution in [-0.2, 0) is 5.88 Å². The van der Waals surface area contributed by atoms with Crippen molar-refractivity contribution >= 4 is 22.8 Å². The third-order valence-electron chi connectivity index (χ3n) is 2.59. The third kappa shape index (κ3) is 2.50. The summed E-state index contributed by atoms with van der Waals surface area (Å²) in [6.07, 6.45) is 0. The molecule has 0 radical (unpaired) electrons. The van der Waals surface area contributed by atoms with Crippen LogP contribution in [0, 0.1) is 6.92 Å². The lowest BCUT2D eigenvalue weighted by molar-refractivity contribution is 0.720. The highest BCUT2D eigenvalue weighted by atomic mass is 32.2. The molecule has 3 rings (SSSR count). The molecular formula is C12H11N5OS. The standard InChI is InChI=1S/C12H11N5OS/c1-8-6-11(18)14-12(13-8)19-7-17-10-5-3-2-4-9(10)15-16-17/h2-6H,7H2,1H3,(H,13,14,18). The van der Waals surface area contributed by atoms with Crippen molar-refractivity contribution in [2.75, 3.05) is 0 Å². The fourth-order valence-corrected chi connectivity index (χ4v) is 2.57. The van der Waals surface area contributed by atoms with Gasteiger partial charge in [-0.3, -0.25) is 4.79 Å². The maximum absolute atomic E-state index is 11.3. The molecule has 96 valence electrons. The molecule has 2 aromatic heterocycles. The highest BCUT2D eigenvalue weighted by molar-refractivity contribution is 7.98. The van der Waals surface area contributed by atoms with Crippen LogP contribution in [0.25, 0.3) is 11.0 Å². The lowest BCUT2D eigenvalue weighted by Gasteiger charge is -2.02. The highest BCUT2D eigenvalue weighted by Gasteiger charge is 2.05. The SMILES string of the molecule is Cc1cc(=O)[nH]c(SCn2nnc3ccccc32)n1. The average molecular weight is 273 g/mol. The normalized spacial score (nSPS) is 11.0. The lowest BCUT2D eigenvalue weighted by atomic mass is 10.3. The molecule has 19 heavy (non-hydrogen) atoms. The summed E-state index contributed by atoms with van der Waals surface area (Å²) >= 11 is 1.42. The lowest BCUT2D eigenvalue weighted by Crippen LogP contribution is -2.08. The van der Waals surface area contributed by atoms with Gasteiger partial charge in [-0.2, -0.15) is 0 Å². The zero-order chi connectivity index (χ0) is 13.2. The molecule has 0 bridgehead atoms. The van der Waals surface area contributed by atoms with Gasteiger partial charge in [0.1, 0.15) is 5.52 Å². The van der Waals surface area contributed by atoms with E-state index in [1.54, 1.807) is 11.6 Å². The van der Waals surface area contributed by atoms with Crippen molar-refractivity contribution in [3.63, 3.8) is 0 Å². The quantitative estimate of drug-likeness (QED) is 0.579. The first-order valence-electron chi connectivity index (χ1n) is 5.71. The zero-order valence-electron chi connectivity index (χ0n) is 10.2. The molecule has 0 unspecified atom stereocenters. The van der Waals surface area contributed by atoms with Gasteiger partial charge in [0.25, 0.3) is 5.56 Å². The Balaban J connectivity index is 1.84. The van der Waals surface area contributed by atoms with Gasteiger partial charge in [-0.05, 0) is 19.1 Å². The second-order valence-electron chi connectivity index (χ2n) is 4.04. The van der Waals surface area contributed by atoms with E-state index in [2.05, 4.69) is 20.3 Å². The van der Waals surface area contributed by atoms with E-state index in [9.17, 15) is 4.79 Å². The van der Waals surface area contributed by atoms with E-state index < -0.39 is 0 Å². The molecule has 3 aromatic rings. The summed E-state index contributed by atoms with van der Waals surface area (Å²) in [7, 11) is 0. The Kier molecular flexibility index (Phi) is 3.04. The minimum atomic E-state index is -0.140. The fourth-order valence-electron chi connectivity index (χ4n) is 1.75. The first-order valence-corrected chi connectivity index (χ1v) is 6.70. The molecule has 6 nitrogen and oxygen atoms in total. The monoisotopic (exact) mass is 273 g/mol. The summed E-state index contributed by atoms with van der Waals surface area (Å²) in [5.74, 6) is 0.549. The molecule has 2 heterocycles. The van der Waals surface area contributed by atoms with E-state index in [1.165, 1.54) is 17.8 Å². The van der Waals surface area contributed by atoms with Crippen LogP contribution in [0.4, 0.5) is 0 Å². The number of thioether (sulfide) groups is 1. The predicted octanol–water partition coefficient (Wildman–Crippen LogP) is 1.57. The van der Waals surface area contributed by atoms with Crippen molar-refractivity contribution in [1.29, 1.82) is 0 Å². The Labute approximate surface area is 112 Å². The fraction of sp³-hybridized carbons (Fsp3) is 0.167. The van der Waals surface area contributed by atoms with Crippen molar-refractivity contribution in [2.24, 2.45) is 0 Å². The number of nitrogens with zero attached hydrogens (tertiary/aromatic N) is 4. The molecule has 0 aliphatic rings. The number of aromatic amines is 1. The number of rotatable bonds is 3. The minimum Gasteiger partial charge on any atom is -0.301 e. The summed E-state index contributed by atoms with van der Waals surface area (Å²) < 4.78 is 1.78. The van der Waals surface area contributed by atoms with E-state index in [-0.39, 0.29) is 5.56 Å². The smallest absolute Gasteiger partial charge is 0.251 e. The van der Waals surface area contributed by atoms with Gasteiger partial charge in [0.2, 0.25) is 0 Å². The topological polar surface area (TPSA) is 76.5 Å². The second kappa shape index (κ2) is 4.85. The van der Waals surface area contributed by atoms with E-state index >= 15 is 0 Å². The minimum absolute atomic E-state index is 0.140. The largest absolute Gasteiger partial charge is 0.301 e. The van der Waals surface area contributed by atoms with E-state index in [0.717, 1.165) is 11.0 Å². The summed E-state index contributed by atoms with van der Waals surface area (Å²) in [4.78, 5) is 18.3. The summed E-state index contributed by atoms with van der Waals surface area (Å²) in [5, 5.41) is 8.74. The van der Waals surface area contributed by atoms with Crippen LogP contribution in [0.5, 0.6) is 0 Å². The average Bonchev–Trinajstić information content (AvgIpc) is 2.78. The van der Waals surface area contributed by atoms with Crippen LogP contribution in [0.2, 0.25) is 0 Å². The number of para-hydroxylation sites is 1. The highest BCUT2D eigenvalue weighted by Crippen LogP contribution is 2.17. The Morgan fingerprint density at radius 2 is 2.21 bits per heavy atom. The molecule has 0 amide bonds. The van der Waals surface area contributed by atoms with Crippen LogP contribution in [0.3, 0.4) is 0 Å². The number of hydrogen-bond donors (Lipinski definition) is 1. The number of nitrogens with one attached hydrogen (secondary N) is 1. The second-order valence-corrected chi connectivity index (χ2v) is 4.98. The first kappa shape index (κ1) is 11.9. The molecule has 7 heteroatoms. The van der Waals surface area contributed by atoms with Gasteiger partial charge in [0.15, 0.2) is 5.16 Å². The van der Waals surface area contributed by atoms with Crippen molar-refractivity contribution < 1.29 is 0 Å². The number of hydrogen-bond acceptors (Lipinski definition) is 5. The van der Waals surface area contributed by atoms with Gasteiger partial charge in [0.05, 0.1) is 11.4 Å². The first-order chi connectivity index (χ1) is 9.22. The summed E-state index contributed by atoms with van der Waals surface area (Å²) in [5.41, 5.74) is 2.38. The zero-order valence-corrected chi connectivity index (χ0v) is 11.0. The summed E-state index contributed by atoms with van der Waals surface area (Å²) in [6.45, 7) is 1.80. The van der Waals surface area contributed by atoms with Crippen LogP contribution >= 0.6 is 11.8 Å². The van der Waals surface area contributed by atoms with Gasteiger partial charge in [-0.15, -0.1) is 5.10 Å². The number of aromatic nitrogens is 5. The van der Waals surface area contributed by atoms with Gasteiger partial charge >= 0.3 is 0 Å². The Morgan fingerprint density at radius 3 is 3.05 bits per heavy atom. The van der Waals surface area contributed by atoms with E-state index in [0.29, 0.717) is 16.7 Å². The van der Waals surface area contributed by atoms with E-state index in [4.69, 9.17) is 0 Å². The van der Waals surface area contributed by atoms with Crippen molar-refractivity contribution in [1.82, 2.24) is 25.0 Å². The Bertz CT molecular complexity index is 779. The molecule has 1 N–H and O–H groups in total. The number of H-pyrrole nitrogens is 1. The third-order valence-corrected chi connectivity index (χ3v) is 3.43. The van der Waals surface area contributed by atoms with Gasteiger partial charge in [-0.1, -0.05) is 29.1 Å². The maximum atomic E-state index is 11.3. The molecule has 0 aliphatic heterocycles. The maximum Gasteiger partial charge on any atom is 0.251 e. The van der Waals surface area contributed by atoms with Crippen molar-refractivity contribution in [2.45, 2.75) is 18.0 Å².